The van der Waals surface area contributed by atoms with Crippen molar-refractivity contribution in [3.8, 4) is 0 Å². The molecular weight excluding hydrogens is 304 g/mol. The Morgan fingerprint density at radius 1 is 1.21 bits per heavy atom. The van der Waals surface area contributed by atoms with Crippen LogP contribution < -0.4 is 5.32 Å². The maximum atomic E-state index is 12.2. The van der Waals surface area contributed by atoms with Crippen molar-refractivity contribution in [3.63, 3.8) is 0 Å². The summed E-state index contributed by atoms with van der Waals surface area (Å²) in [6.45, 7) is 4.30. The third kappa shape index (κ3) is 5.03. The molecule has 1 atom stereocenters. The van der Waals surface area contributed by atoms with Crippen LogP contribution in [0.25, 0.3) is 0 Å². The molecule has 24 heavy (non-hydrogen) atoms. The Balaban J connectivity index is 1.44. The molecule has 2 aliphatic heterocycles. The number of ether oxygens (including phenoxy) is 1. The molecule has 1 aromatic carbocycles. The summed E-state index contributed by atoms with van der Waals surface area (Å²) >= 11 is 0. The van der Waals surface area contributed by atoms with E-state index in [1.54, 1.807) is 0 Å². The summed E-state index contributed by atoms with van der Waals surface area (Å²) in [5.74, 6) is 0.0437. The van der Waals surface area contributed by atoms with Crippen LogP contribution in [0.1, 0.15) is 31.2 Å². The Hall–Kier alpha value is -1.43. The number of benzene rings is 1. The van der Waals surface area contributed by atoms with Crippen molar-refractivity contribution in [3.05, 3.63) is 29.8 Å². The van der Waals surface area contributed by atoms with Gasteiger partial charge in [0.05, 0.1) is 18.6 Å². The van der Waals surface area contributed by atoms with Crippen LogP contribution in [-0.4, -0.2) is 54.9 Å². The Bertz CT molecular complexity index is 518. The summed E-state index contributed by atoms with van der Waals surface area (Å²) in [6, 6.07) is 8.14. The van der Waals surface area contributed by atoms with Crippen LogP contribution in [0.2, 0.25) is 0 Å². The van der Waals surface area contributed by atoms with Gasteiger partial charge in [0.15, 0.2) is 0 Å². The minimum atomic E-state index is -0.112. The first-order chi connectivity index (χ1) is 11.7. The molecule has 0 aromatic heterocycles. The second-order valence-electron chi connectivity index (χ2n) is 6.92. The number of anilines is 1. The number of amides is 1. The lowest BCUT2D eigenvalue weighted by atomic mass is 10.0. The van der Waals surface area contributed by atoms with Gasteiger partial charge in [-0.15, -0.1) is 0 Å². The summed E-state index contributed by atoms with van der Waals surface area (Å²) < 4.78 is 5.38. The van der Waals surface area contributed by atoms with E-state index < -0.39 is 0 Å². The smallest absolute Gasteiger partial charge is 0.229 e. The van der Waals surface area contributed by atoms with E-state index in [0.29, 0.717) is 6.61 Å². The zero-order chi connectivity index (χ0) is 16.8. The van der Waals surface area contributed by atoms with E-state index in [2.05, 4.69) is 22.3 Å². The second-order valence-corrected chi connectivity index (χ2v) is 6.92. The van der Waals surface area contributed by atoms with Crippen LogP contribution in [0.15, 0.2) is 24.3 Å². The van der Waals surface area contributed by atoms with E-state index in [9.17, 15) is 9.90 Å². The molecule has 0 radical (unpaired) electrons. The standard InChI is InChI=1S/C19H28N2O3/c22-18-8-11-21(12-9-18)10-7-15-3-5-17(6-4-15)20-19(23)16-2-1-13-24-14-16/h3-6,16,18,22H,1-2,7-14H2,(H,20,23)/t16-/m0/s1. The van der Waals surface area contributed by atoms with Gasteiger partial charge >= 0.3 is 0 Å². The molecule has 0 aliphatic carbocycles. The van der Waals surface area contributed by atoms with Gasteiger partial charge in [0.2, 0.25) is 5.91 Å². The lowest BCUT2D eigenvalue weighted by molar-refractivity contribution is -0.123. The van der Waals surface area contributed by atoms with Crippen LogP contribution in [0, 0.1) is 5.92 Å². The molecule has 2 N–H and O–H groups in total. The largest absolute Gasteiger partial charge is 0.393 e. The van der Waals surface area contributed by atoms with Crippen molar-refractivity contribution in [1.29, 1.82) is 0 Å². The molecule has 5 nitrogen and oxygen atoms in total. The molecule has 2 fully saturated rings. The Labute approximate surface area is 144 Å². The quantitative estimate of drug-likeness (QED) is 0.866. The molecule has 1 amide bonds. The topological polar surface area (TPSA) is 61.8 Å². The number of nitrogens with zero attached hydrogens (tertiary/aromatic N) is 1. The van der Waals surface area contributed by atoms with Gasteiger partial charge < -0.3 is 20.1 Å². The molecule has 2 heterocycles. The van der Waals surface area contributed by atoms with Crippen molar-refractivity contribution in [2.24, 2.45) is 5.92 Å². The third-order valence-corrected chi connectivity index (χ3v) is 5.03. The zero-order valence-electron chi connectivity index (χ0n) is 14.2. The first-order valence-corrected chi connectivity index (χ1v) is 9.08. The van der Waals surface area contributed by atoms with Crippen LogP contribution >= 0.6 is 0 Å². The van der Waals surface area contributed by atoms with Gasteiger partial charge in [-0.05, 0) is 49.8 Å². The number of carbonyl (C=O) groups is 1. The summed E-state index contributed by atoms with van der Waals surface area (Å²) in [4.78, 5) is 14.6. The van der Waals surface area contributed by atoms with Gasteiger partial charge in [-0.25, -0.2) is 0 Å². The number of likely N-dealkylation sites (tertiary alicyclic amines) is 1. The number of piperidine rings is 1. The average molecular weight is 332 g/mol. The van der Waals surface area contributed by atoms with Gasteiger partial charge in [-0.3, -0.25) is 4.79 Å². The molecule has 3 rings (SSSR count). The minimum absolute atomic E-state index is 0.0205. The fourth-order valence-corrected chi connectivity index (χ4v) is 3.38. The van der Waals surface area contributed by atoms with E-state index in [0.717, 1.165) is 64.0 Å². The molecule has 0 saturated carbocycles. The second kappa shape index (κ2) is 8.60. The summed E-state index contributed by atoms with van der Waals surface area (Å²) in [7, 11) is 0. The van der Waals surface area contributed by atoms with E-state index in [-0.39, 0.29) is 17.9 Å². The fourth-order valence-electron chi connectivity index (χ4n) is 3.38. The van der Waals surface area contributed by atoms with Crippen molar-refractivity contribution >= 4 is 11.6 Å². The maximum Gasteiger partial charge on any atom is 0.229 e. The van der Waals surface area contributed by atoms with Crippen molar-refractivity contribution < 1.29 is 14.6 Å². The SMILES string of the molecule is O=C(Nc1ccc(CCN2CCC(O)CC2)cc1)[C@H]1CCCOC1. The lowest BCUT2D eigenvalue weighted by Gasteiger charge is -2.29. The highest BCUT2D eigenvalue weighted by Gasteiger charge is 2.21. The predicted octanol–water partition coefficient (Wildman–Crippen LogP) is 2.05. The van der Waals surface area contributed by atoms with Crippen molar-refractivity contribution in [1.82, 2.24) is 4.90 Å². The first-order valence-electron chi connectivity index (χ1n) is 9.08. The predicted molar refractivity (Wildman–Crippen MR) is 94.0 cm³/mol. The third-order valence-electron chi connectivity index (χ3n) is 5.03. The number of hydrogen-bond donors (Lipinski definition) is 2. The molecule has 0 bridgehead atoms. The number of hydrogen-bond acceptors (Lipinski definition) is 4. The van der Waals surface area contributed by atoms with E-state index in [1.807, 2.05) is 12.1 Å². The van der Waals surface area contributed by atoms with Crippen LogP contribution in [0.3, 0.4) is 0 Å². The molecule has 2 aliphatic rings. The van der Waals surface area contributed by atoms with Gasteiger partial charge in [-0.1, -0.05) is 12.1 Å². The van der Waals surface area contributed by atoms with Gasteiger partial charge in [0.1, 0.15) is 0 Å². The Morgan fingerprint density at radius 3 is 2.62 bits per heavy atom. The maximum absolute atomic E-state index is 12.2. The monoisotopic (exact) mass is 332 g/mol. The summed E-state index contributed by atoms with van der Waals surface area (Å²) in [6.07, 6.45) is 4.53. The number of carbonyl (C=O) groups excluding carboxylic acids is 1. The summed E-state index contributed by atoms with van der Waals surface area (Å²) in [5.41, 5.74) is 2.13. The van der Waals surface area contributed by atoms with Gasteiger partial charge in [-0.2, -0.15) is 0 Å². The average Bonchev–Trinajstić information content (AvgIpc) is 2.63. The molecule has 5 heteroatoms. The number of aliphatic hydroxyl groups excluding tert-OH is 1. The molecule has 0 spiro atoms. The molecule has 132 valence electrons. The molecule has 1 aromatic rings. The Morgan fingerprint density at radius 2 is 1.96 bits per heavy atom. The van der Waals surface area contributed by atoms with E-state index in [1.165, 1.54) is 5.56 Å². The van der Waals surface area contributed by atoms with Crippen molar-refractivity contribution in [2.45, 2.75) is 38.2 Å². The zero-order valence-corrected chi connectivity index (χ0v) is 14.2. The van der Waals surface area contributed by atoms with Gasteiger partial charge in [0, 0.05) is 31.9 Å². The number of nitrogens with one attached hydrogen (secondary N) is 1. The molecular formula is C19H28N2O3. The lowest BCUT2D eigenvalue weighted by Crippen LogP contribution is -2.37. The summed E-state index contributed by atoms with van der Waals surface area (Å²) in [5, 5.41) is 12.5. The van der Waals surface area contributed by atoms with E-state index in [4.69, 9.17) is 4.74 Å². The normalized spacial score (nSPS) is 23.1. The van der Waals surface area contributed by atoms with Crippen LogP contribution in [-0.2, 0) is 16.0 Å². The highest BCUT2D eigenvalue weighted by atomic mass is 16.5. The highest BCUT2D eigenvalue weighted by Crippen LogP contribution is 2.17. The highest BCUT2D eigenvalue weighted by molar-refractivity contribution is 5.92. The van der Waals surface area contributed by atoms with Crippen molar-refractivity contribution in [2.75, 3.05) is 38.2 Å². The number of rotatable bonds is 5. The molecule has 2 saturated heterocycles. The Kier molecular flexibility index (Phi) is 6.24. The minimum Gasteiger partial charge on any atom is -0.393 e. The molecule has 0 unspecified atom stereocenters. The van der Waals surface area contributed by atoms with Gasteiger partial charge in [0.25, 0.3) is 0 Å². The van der Waals surface area contributed by atoms with Crippen LogP contribution in [0.4, 0.5) is 5.69 Å². The fraction of sp³-hybridized carbons (Fsp3) is 0.632. The van der Waals surface area contributed by atoms with E-state index >= 15 is 0 Å². The first kappa shape index (κ1) is 17.4. The van der Waals surface area contributed by atoms with Crippen LogP contribution in [0.5, 0.6) is 0 Å². The number of aliphatic hydroxyl groups is 1.